The Morgan fingerprint density at radius 1 is 0.944 bits per heavy atom. The van der Waals surface area contributed by atoms with Gasteiger partial charge in [-0.25, -0.2) is 0 Å². The molecule has 4 rings (SSSR count). The molecular weight excluding hydrogens is 487 g/mol. The number of para-hydroxylation sites is 1. The van der Waals surface area contributed by atoms with E-state index in [1.165, 1.54) is 12.1 Å². The van der Waals surface area contributed by atoms with Crippen molar-refractivity contribution >= 4 is 12.4 Å². The maximum atomic E-state index is 13.3. The first-order valence-corrected chi connectivity index (χ1v) is 12.0. The fraction of sp³-hybridized carbons (Fsp3) is 0.379. The molecule has 1 fully saturated rings. The molecule has 0 heterocycles. The van der Waals surface area contributed by atoms with Gasteiger partial charge in [0, 0.05) is 18.4 Å². The third-order valence-corrected chi connectivity index (χ3v) is 6.95. The van der Waals surface area contributed by atoms with E-state index < -0.39 is 17.3 Å². The van der Waals surface area contributed by atoms with Gasteiger partial charge in [0.1, 0.15) is 11.5 Å². The molecule has 3 atom stereocenters. The van der Waals surface area contributed by atoms with Gasteiger partial charge in [0.25, 0.3) is 0 Å². The number of hydrogen-bond acceptors (Lipinski definition) is 3. The summed E-state index contributed by atoms with van der Waals surface area (Å²) in [5, 5.41) is 11.9. The van der Waals surface area contributed by atoms with E-state index in [9.17, 15) is 18.3 Å². The predicted molar refractivity (Wildman–Crippen MR) is 139 cm³/mol. The van der Waals surface area contributed by atoms with Crippen molar-refractivity contribution in [2.45, 2.75) is 49.9 Å². The van der Waals surface area contributed by atoms with E-state index in [0.717, 1.165) is 36.6 Å². The van der Waals surface area contributed by atoms with Crippen LogP contribution in [-0.4, -0.2) is 29.7 Å². The standard InChI is InChI=1S/C29H32F3NO2.ClH/c1-33(2)27(22-11-9-15-25(19-22)35-24-13-4-3-5-14-24)26-16-6-7-17-28(26,34)20-21-10-8-12-23(18-21)29(30,31)32;/h3-5,8-15,18-19,26-27,34H,6-7,16-17,20H2,1-2H3;1H. The van der Waals surface area contributed by atoms with E-state index in [2.05, 4.69) is 4.90 Å². The number of nitrogens with zero attached hydrogens (tertiary/aromatic N) is 1. The fourth-order valence-corrected chi connectivity index (χ4v) is 5.41. The second-order valence-corrected chi connectivity index (χ2v) is 9.73. The molecule has 0 aromatic heterocycles. The van der Waals surface area contributed by atoms with Gasteiger partial charge in [-0.15, -0.1) is 12.4 Å². The molecule has 0 amide bonds. The Morgan fingerprint density at radius 3 is 2.33 bits per heavy atom. The molecule has 0 saturated heterocycles. The van der Waals surface area contributed by atoms with E-state index in [1.54, 1.807) is 6.07 Å². The molecule has 1 N–H and O–H groups in total. The van der Waals surface area contributed by atoms with Crippen molar-refractivity contribution < 1.29 is 23.0 Å². The number of halogens is 4. The van der Waals surface area contributed by atoms with Gasteiger partial charge >= 0.3 is 6.18 Å². The highest BCUT2D eigenvalue weighted by Gasteiger charge is 2.44. The molecule has 3 aromatic rings. The van der Waals surface area contributed by atoms with Crippen LogP contribution in [0, 0.1) is 5.92 Å². The molecule has 0 radical (unpaired) electrons. The van der Waals surface area contributed by atoms with Crippen LogP contribution in [0.4, 0.5) is 13.2 Å². The largest absolute Gasteiger partial charge is 0.457 e. The number of hydrogen-bond donors (Lipinski definition) is 1. The highest BCUT2D eigenvalue weighted by atomic mass is 35.5. The molecular formula is C29H33ClF3NO2. The van der Waals surface area contributed by atoms with Crippen molar-refractivity contribution in [1.29, 1.82) is 0 Å². The molecule has 1 saturated carbocycles. The first-order chi connectivity index (χ1) is 16.7. The summed E-state index contributed by atoms with van der Waals surface area (Å²) in [5.41, 5.74) is -0.278. The molecule has 1 aliphatic carbocycles. The fourth-order valence-electron chi connectivity index (χ4n) is 5.41. The van der Waals surface area contributed by atoms with Crippen LogP contribution >= 0.6 is 12.4 Å². The average molecular weight is 520 g/mol. The van der Waals surface area contributed by atoms with Crippen molar-refractivity contribution in [3.8, 4) is 11.5 Å². The topological polar surface area (TPSA) is 32.7 Å². The predicted octanol–water partition coefficient (Wildman–Crippen LogP) is 7.69. The Labute approximate surface area is 217 Å². The van der Waals surface area contributed by atoms with E-state index in [0.29, 0.717) is 17.7 Å². The molecule has 7 heteroatoms. The summed E-state index contributed by atoms with van der Waals surface area (Å²) in [4.78, 5) is 2.09. The van der Waals surface area contributed by atoms with Gasteiger partial charge in [0.15, 0.2) is 0 Å². The quantitative estimate of drug-likeness (QED) is 0.347. The lowest BCUT2D eigenvalue weighted by Gasteiger charge is -2.46. The number of rotatable bonds is 7. The Balaban J connectivity index is 0.00000361. The Kier molecular flexibility index (Phi) is 9.09. The molecule has 194 valence electrons. The third kappa shape index (κ3) is 6.61. The van der Waals surface area contributed by atoms with E-state index in [1.807, 2.05) is 68.7 Å². The minimum Gasteiger partial charge on any atom is -0.457 e. The highest BCUT2D eigenvalue weighted by Crippen LogP contribution is 2.46. The van der Waals surface area contributed by atoms with E-state index in [-0.39, 0.29) is 30.8 Å². The monoisotopic (exact) mass is 519 g/mol. The lowest BCUT2D eigenvalue weighted by Crippen LogP contribution is -2.48. The van der Waals surface area contributed by atoms with Crippen molar-refractivity contribution in [3.05, 3.63) is 95.6 Å². The van der Waals surface area contributed by atoms with Crippen molar-refractivity contribution in [2.75, 3.05) is 14.1 Å². The van der Waals surface area contributed by atoms with Crippen LogP contribution in [0.5, 0.6) is 11.5 Å². The average Bonchev–Trinajstić information content (AvgIpc) is 2.81. The lowest BCUT2D eigenvalue weighted by molar-refractivity contribution is -0.137. The van der Waals surface area contributed by atoms with Gasteiger partial charge in [-0.2, -0.15) is 13.2 Å². The summed E-state index contributed by atoms with van der Waals surface area (Å²) in [6, 6.07) is 22.6. The van der Waals surface area contributed by atoms with Gasteiger partial charge in [-0.05, 0) is 68.4 Å². The van der Waals surface area contributed by atoms with Crippen molar-refractivity contribution in [3.63, 3.8) is 0 Å². The first kappa shape index (κ1) is 28.0. The molecule has 3 aromatic carbocycles. The summed E-state index contributed by atoms with van der Waals surface area (Å²) in [5.74, 6) is 1.30. The number of ether oxygens (including phenoxy) is 1. The molecule has 0 spiro atoms. The van der Waals surface area contributed by atoms with Crippen LogP contribution < -0.4 is 4.74 Å². The second kappa shape index (κ2) is 11.7. The zero-order chi connectivity index (χ0) is 25.1. The summed E-state index contributed by atoms with van der Waals surface area (Å²) in [6.45, 7) is 0. The lowest BCUT2D eigenvalue weighted by atomic mass is 9.67. The Morgan fingerprint density at radius 2 is 1.64 bits per heavy atom. The van der Waals surface area contributed by atoms with Gasteiger partial charge in [0.2, 0.25) is 0 Å². The van der Waals surface area contributed by atoms with Crippen LogP contribution in [0.15, 0.2) is 78.9 Å². The van der Waals surface area contributed by atoms with Crippen molar-refractivity contribution in [2.24, 2.45) is 5.92 Å². The first-order valence-electron chi connectivity index (χ1n) is 12.0. The molecule has 0 aliphatic heterocycles. The smallest absolute Gasteiger partial charge is 0.416 e. The van der Waals surface area contributed by atoms with Gasteiger partial charge in [-0.1, -0.05) is 61.4 Å². The van der Waals surface area contributed by atoms with Crippen LogP contribution in [0.2, 0.25) is 0 Å². The summed E-state index contributed by atoms with van der Waals surface area (Å²) in [7, 11) is 3.96. The zero-order valence-corrected chi connectivity index (χ0v) is 21.4. The summed E-state index contributed by atoms with van der Waals surface area (Å²) in [6.07, 6.45) is -1.05. The summed E-state index contributed by atoms with van der Waals surface area (Å²) < 4.78 is 45.9. The van der Waals surface area contributed by atoms with Crippen LogP contribution in [-0.2, 0) is 12.6 Å². The number of aliphatic hydroxyl groups is 1. The minimum absolute atomic E-state index is 0. The van der Waals surface area contributed by atoms with Crippen molar-refractivity contribution in [1.82, 2.24) is 4.90 Å². The van der Waals surface area contributed by atoms with Gasteiger partial charge in [0.05, 0.1) is 11.2 Å². The van der Waals surface area contributed by atoms with E-state index >= 15 is 0 Å². The molecule has 3 unspecified atom stereocenters. The second-order valence-electron chi connectivity index (χ2n) is 9.73. The van der Waals surface area contributed by atoms with Crippen LogP contribution in [0.1, 0.15) is 48.4 Å². The maximum Gasteiger partial charge on any atom is 0.416 e. The molecule has 36 heavy (non-hydrogen) atoms. The Hall–Kier alpha value is -2.54. The van der Waals surface area contributed by atoms with Gasteiger partial charge in [-0.3, -0.25) is 0 Å². The van der Waals surface area contributed by atoms with Crippen LogP contribution in [0.3, 0.4) is 0 Å². The van der Waals surface area contributed by atoms with Crippen LogP contribution in [0.25, 0.3) is 0 Å². The maximum absolute atomic E-state index is 13.3. The normalized spacial score (nSPS) is 21.0. The molecule has 0 bridgehead atoms. The van der Waals surface area contributed by atoms with E-state index in [4.69, 9.17) is 4.74 Å². The zero-order valence-electron chi connectivity index (χ0n) is 20.5. The van der Waals surface area contributed by atoms with Gasteiger partial charge < -0.3 is 14.7 Å². The summed E-state index contributed by atoms with van der Waals surface area (Å²) >= 11 is 0. The molecule has 3 nitrogen and oxygen atoms in total. The number of benzene rings is 3. The highest BCUT2D eigenvalue weighted by molar-refractivity contribution is 5.85. The third-order valence-electron chi connectivity index (χ3n) is 6.95. The SMILES string of the molecule is CN(C)C(c1cccc(Oc2ccccc2)c1)C1CCCCC1(O)Cc1cccc(C(F)(F)F)c1.Cl. The number of alkyl halides is 3. The Bertz CT molecular complexity index is 1120. The molecule has 1 aliphatic rings. The minimum atomic E-state index is -4.41.